The first-order valence-electron chi connectivity index (χ1n) is 8.30. The zero-order valence-corrected chi connectivity index (χ0v) is 16.7. The van der Waals surface area contributed by atoms with Gasteiger partial charge in [-0.1, -0.05) is 6.07 Å². The van der Waals surface area contributed by atoms with Crippen molar-refractivity contribution in [1.82, 2.24) is 0 Å². The van der Waals surface area contributed by atoms with E-state index in [2.05, 4.69) is 14.8 Å². The van der Waals surface area contributed by atoms with Crippen molar-refractivity contribution < 1.29 is 33.0 Å². The van der Waals surface area contributed by atoms with Crippen LogP contribution in [-0.4, -0.2) is 43.6 Å². The van der Waals surface area contributed by atoms with Crippen molar-refractivity contribution in [1.29, 1.82) is 0 Å². The number of benzene rings is 2. The van der Waals surface area contributed by atoms with Crippen molar-refractivity contribution in [3.8, 4) is 0 Å². The van der Waals surface area contributed by atoms with Crippen LogP contribution in [0.3, 0.4) is 0 Å². The third kappa shape index (κ3) is 5.89. The van der Waals surface area contributed by atoms with Crippen LogP contribution in [0, 0.1) is 5.82 Å². The van der Waals surface area contributed by atoms with E-state index in [1.807, 2.05) is 0 Å². The van der Waals surface area contributed by atoms with Crippen molar-refractivity contribution in [3.05, 3.63) is 58.9 Å². The second-order valence-corrected chi connectivity index (χ2v) is 6.84. The number of ether oxygens (including phenoxy) is 2. The fourth-order valence-corrected chi connectivity index (χ4v) is 3.07. The van der Waals surface area contributed by atoms with Crippen LogP contribution in [0.1, 0.15) is 38.0 Å². The Hall–Kier alpha value is -3.20. The van der Waals surface area contributed by atoms with Gasteiger partial charge in [0.15, 0.2) is 5.78 Å². The largest absolute Gasteiger partial charge is 0.465 e. The number of hydrogen-bond donors (Lipinski definition) is 1. The molecule has 0 fully saturated rings. The van der Waals surface area contributed by atoms with E-state index < -0.39 is 23.7 Å². The summed E-state index contributed by atoms with van der Waals surface area (Å²) in [6, 6.07) is 8.01. The molecule has 0 atom stereocenters. The number of thioether (sulfide) groups is 1. The molecule has 0 unspecified atom stereocenters. The van der Waals surface area contributed by atoms with E-state index in [1.165, 1.54) is 51.5 Å². The van der Waals surface area contributed by atoms with Gasteiger partial charge in [0, 0.05) is 16.1 Å². The summed E-state index contributed by atoms with van der Waals surface area (Å²) in [5.74, 6) is -2.85. The number of methoxy groups -OCH3 is 2. The van der Waals surface area contributed by atoms with Gasteiger partial charge in [-0.2, -0.15) is 0 Å². The van der Waals surface area contributed by atoms with Gasteiger partial charge in [-0.15, -0.1) is 11.8 Å². The molecule has 0 radical (unpaired) electrons. The van der Waals surface area contributed by atoms with Gasteiger partial charge in [-0.3, -0.25) is 9.59 Å². The number of carbonyl (C=O) groups is 4. The van der Waals surface area contributed by atoms with Gasteiger partial charge < -0.3 is 14.8 Å². The summed E-state index contributed by atoms with van der Waals surface area (Å²) in [7, 11) is 2.38. The van der Waals surface area contributed by atoms with Crippen LogP contribution in [0.2, 0.25) is 0 Å². The predicted molar refractivity (Wildman–Crippen MR) is 105 cm³/mol. The fraction of sp³-hybridized carbons (Fsp3) is 0.200. The molecule has 29 heavy (non-hydrogen) atoms. The Morgan fingerprint density at radius 3 is 2.00 bits per heavy atom. The lowest BCUT2D eigenvalue weighted by atomic mass is 10.1. The van der Waals surface area contributed by atoms with Gasteiger partial charge >= 0.3 is 11.9 Å². The summed E-state index contributed by atoms with van der Waals surface area (Å²) in [6.07, 6.45) is 0. The maximum Gasteiger partial charge on any atom is 0.337 e. The molecule has 0 aliphatic rings. The number of Topliss-reactive ketones (excluding diaryl/α,β-unsaturated/α-hetero) is 1. The summed E-state index contributed by atoms with van der Waals surface area (Å²) in [6.45, 7) is 1.33. The smallest absolute Gasteiger partial charge is 0.337 e. The minimum atomic E-state index is -0.687. The Morgan fingerprint density at radius 2 is 1.52 bits per heavy atom. The van der Waals surface area contributed by atoms with Crippen LogP contribution in [0.15, 0.2) is 41.3 Å². The number of ketones is 1. The third-order valence-corrected chi connectivity index (χ3v) is 4.80. The Morgan fingerprint density at radius 1 is 0.931 bits per heavy atom. The van der Waals surface area contributed by atoms with E-state index >= 15 is 0 Å². The first-order valence-corrected chi connectivity index (χ1v) is 9.28. The first-order chi connectivity index (χ1) is 13.7. The molecule has 1 N–H and O–H groups in total. The van der Waals surface area contributed by atoms with Gasteiger partial charge in [-0.25, -0.2) is 14.0 Å². The number of amides is 1. The number of carbonyl (C=O) groups excluding carboxylic acids is 4. The van der Waals surface area contributed by atoms with Crippen LogP contribution >= 0.6 is 11.8 Å². The molecule has 2 rings (SSSR count). The zero-order valence-electron chi connectivity index (χ0n) is 15.9. The Balaban J connectivity index is 2.12. The number of anilines is 1. The normalized spacial score (nSPS) is 10.2. The number of rotatable bonds is 7. The summed E-state index contributed by atoms with van der Waals surface area (Å²) in [5.41, 5.74) is 0.547. The van der Waals surface area contributed by atoms with Crippen molar-refractivity contribution in [3.63, 3.8) is 0 Å². The Labute approximate surface area is 170 Å². The number of esters is 2. The van der Waals surface area contributed by atoms with Crippen LogP contribution in [-0.2, 0) is 14.3 Å². The maximum absolute atomic E-state index is 14.0. The number of halogens is 1. The molecule has 0 saturated heterocycles. The van der Waals surface area contributed by atoms with E-state index in [1.54, 1.807) is 0 Å². The highest BCUT2D eigenvalue weighted by Gasteiger charge is 2.15. The topological polar surface area (TPSA) is 98.8 Å². The highest BCUT2D eigenvalue weighted by Crippen LogP contribution is 2.24. The quantitative estimate of drug-likeness (QED) is 0.417. The Kier molecular flexibility index (Phi) is 7.49. The lowest BCUT2D eigenvalue weighted by Crippen LogP contribution is -2.16. The molecule has 0 spiro atoms. The molecule has 9 heteroatoms. The van der Waals surface area contributed by atoms with Crippen LogP contribution in [0.5, 0.6) is 0 Å². The standard InChI is InChI=1S/C20H18FNO6S/c1-11(23)12-4-5-17(16(21)9-12)29-10-18(24)22-15-7-13(19(25)27-2)6-14(8-15)20(26)28-3/h4-9H,10H2,1-3H3,(H,22,24). The maximum atomic E-state index is 14.0. The molecule has 0 aliphatic carbocycles. The first kappa shape index (κ1) is 22.1. The zero-order chi connectivity index (χ0) is 21.6. The van der Waals surface area contributed by atoms with E-state index in [9.17, 15) is 23.6 Å². The molecule has 152 valence electrons. The van der Waals surface area contributed by atoms with Crippen LogP contribution < -0.4 is 5.32 Å². The molecular formula is C20H18FNO6S. The minimum absolute atomic E-state index is 0.0595. The Bertz CT molecular complexity index is 941. The second-order valence-electron chi connectivity index (χ2n) is 5.82. The van der Waals surface area contributed by atoms with E-state index in [4.69, 9.17) is 0 Å². The van der Waals surface area contributed by atoms with Crippen molar-refractivity contribution in [2.45, 2.75) is 11.8 Å². The predicted octanol–water partition coefficient (Wildman–Crippen LogP) is 3.33. The average Bonchev–Trinajstić information content (AvgIpc) is 2.71. The van der Waals surface area contributed by atoms with Crippen LogP contribution in [0.25, 0.3) is 0 Å². The minimum Gasteiger partial charge on any atom is -0.465 e. The molecule has 0 bridgehead atoms. The van der Waals surface area contributed by atoms with E-state index in [0.29, 0.717) is 0 Å². The van der Waals surface area contributed by atoms with E-state index in [-0.39, 0.29) is 38.8 Å². The average molecular weight is 419 g/mol. The monoisotopic (exact) mass is 419 g/mol. The third-order valence-electron chi connectivity index (χ3n) is 3.76. The molecule has 0 heterocycles. The van der Waals surface area contributed by atoms with Gasteiger partial charge in [0.2, 0.25) is 5.91 Å². The van der Waals surface area contributed by atoms with E-state index in [0.717, 1.165) is 17.8 Å². The fourth-order valence-electron chi connectivity index (χ4n) is 2.35. The van der Waals surface area contributed by atoms with Gasteiger partial charge in [0.1, 0.15) is 5.82 Å². The molecule has 2 aromatic carbocycles. The van der Waals surface area contributed by atoms with Crippen molar-refractivity contribution in [2.75, 3.05) is 25.3 Å². The second kappa shape index (κ2) is 9.83. The van der Waals surface area contributed by atoms with Crippen molar-refractivity contribution >= 4 is 41.1 Å². The summed E-state index contributed by atoms with van der Waals surface area (Å²) in [5, 5.41) is 2.55. The molecule has 0 aromatic heterocycles. The molecule has 0 aliphatic heterocycles. The van der Waals surface area contributed by atoms with Gasteiger partial charge in [0.05, 0.1) is 31.1 Å². The summed E-state index contributed by atoms with van der Waals surface area (Å²) < 4.78 is 23.3. The summed E-state index contributed by atoms with van der Waals surface area (Å²) >= 11 is 0.943. The van der Waals surface area contributed by atoms with Gasteiger partial charge in [0.25, 0.3) is 0 Å². The molecule has 1 amide bonds. The molecule has 2 aromatic rings. The van der Waals surface area contributed by atoms with Crippen LogP contribution in [0.4, 0.5) is 10.1 Å². The highest BCUT2D eigenvalue weighted by molar-refractivity contribution is 8.00. The highest BCUT2D eigenvalue weighted by atomic mass is 32.2. The lowest BCUT2D eigenvalue weighted by Gasteiger charge is -2.10. The molecular weight excluding hydrogens is 401 g/mol. The van der Waals surface area contributed by atoms with Gasteiger partial charge in [-0.05, 0) is 37.3 Å². The number of hydrogen-bond acceptors (Lipinski definition) is 7. The SMILES string of the molecule is COC(=O)c1cc(NC(=O)CSc2ccc(C(C)=O)cc2F)cc(C(=O)OC)c1. The van der Waals surface area contributed by atoms with Crippen molar-refractivity contribution in [2.24, 2.45) is 0 Å². The summed E-state index contributed by atoms with van der Waals surface area (Å²) in [4.78, 5) is 47.3. The lowest BCUT2D eigenvalue weighted by molar-refractivity contribution is -0.113. The molecule has 0 saturated carbocycles. The number of nitrogens with one attached hydrogen (secondary N) is 1. The molecule has 7 nitrogen and oxygen atoms in total.